The van der Waals surface area contributed by atoms with Crippen LogP contribution in [0.4, 0.5) is 5.82 Å². The van der Waals surface area contributed by atoms with Gasteiger partial charge in [0.1, 0.15) is 10.7 Å². The number of imidazole rings is 1. The van der Waals surface area contributed by atoms with Crippen molar-refractivity contribution < 1.29 is 0 Å². The van der Waals surface area contributed by atoms with Gasteiger partial charge in [-0.2, -0.15) is 0 Å². The first-order chi connectivity index (χ1) is 7.79. The molecule has 0 unspecified atom stereocenters. The molecule has 0 aromatic carbocycles. The van der Waals surface area contributed by atoms with Crippen LogP contribution in [0.25, 0.3) is 0 Å². The molecule has 0 fully saturated rings. The summed E-state index contributed by atoms with van der Waals surface area (Å²) in [5, 5.41) is 6.01. The zero-order valence-corrected chi connectivity index (χ0v) is 10.8. The van der Waals surface area contributed by atoms with Crippen molar-refractivity contribution in [3.8, 4) is 0 Å². The fourth-order valence-corrected chi connectivity index (χ4v) is 1.63. The second-order valence-electron chi connectivity index (χ2n) is 3.69. The number of hydrogen-bond donors (Lipinski definition) is 3. The van der Waals surface area contributed by atoms with Gasteiger partial charge in [-0.25, -0.2) is 4.98 Å². The van der Waals surface area contributed by atoms with Crippen molar-refractivity contribution in [1.82, 2.24) is 15.3 Å². The minimum absolute atomic E-state index is 0.663. The normalized spacial score (nSPS) is 13.0. The number of fused-ring (bicyclic) bond motifs is 1. The molecule has 0 spiro atoms. The van der Waals surface area contributed by atoms with Crippen molar-refractivity contribution in [2.45, 2.75) is 39.5 Å². The molecule has 3 N–H and O–H groups in total. The molecule has 0 saturated carbocycles. The third-order valence-electron chi connectivity index (χ3n) is 2.33. The maximum Gasteiger partial charge on any atom is 0.155 e. The highest BCUT2D eigenvalue weighted by atomic mass is 32.1. The van der Waals surface area contributed by atoms with Crippen LogP contribution in [0.1, 0.15) is 45.2 Å². The monoisotopic (exact) mass is 240 g/mol. The average molecular weight is 240 g/mol. The molecule has 0 atom stereocenters. The topological polar surface area (TPSA) is 52.7 Å². The Hall–Kier alpha value is -1.10. The average Bonchev–Trinajstić information content (AvgIpc) is 2.77. The maximum absolute atomic E-state index is 4.99. The number of rotatable bonds is 3. The van der Waals surface area contributed by atoms with Crippen LogP contribution < -0.4 is 10.6 Å². The number of aromatic amines is 1. The number of H-pyrrole nitrogens is 1. The Bertz CT molecular complexity index is 318. The summed E-state index contributed by atoms with van der Waals surface area (Å²) in [6.45, 7) is 5.13. The van der Waals surface area contributed by atoms with E-state index in [-0.39, 0.29) is 0 Å². The zero-order valence-electron chi connectivity index (χ0n) is 9.97. The summed E-state index contributed by atoms with van der Waals surface area (Å²) in [7, 11) is 0. The number of nitrogens with one attached hydrogen (secondary N) is 3. The maximum atomic E-state index is 4.99. The van der Waals surface area contributed by atoms with Gasteiger partial charge in [-0.3, -0.25) is 0 Å². The van der Waals surface area contributed by atoms with Gasteiger partial charge in [-0.15, -0.1) is 0 Å². The van der Waals surface area contributed by atoms with E-state index in [1.807, 2.05) is 0 Å². The molecule has 2 rings (SSSR count). The number of thiocarbonyl (C=S) groups is 1. The predicted octanol–water partition coefficient (Wildman–Crippen LogP) is 2.64. The molecule has 0 bridgehead atoms. The highest BCUT2D eigenvalue weighted by Crippen LogP contribution is 2.11. The predicted molar refractivity (Wildman–Crippen MR) is 71.7 cm³/mol. The molecule has 5 heteroatoms. The fourth-order valence-electron chi connectivity index (χ4n) is 1.40. The minimum Gasteiger partial charge on any atom is -0.357 e. The van der Waals surface area contributed by atoms with Gasteiger partial charge >= 0.3 is 0 Å². The molecule has 1 aliphatic rings. The smallest absolute Gasteiger partial charge is 0.155 e. The first kappa shape index (κ1) is 13.0. The highest BCUT2D eigenvalue weighted by Gasteiger charge is 2.13. The third kappa shape index (κ3) is 3.81. The largest absolute Gasteiger partial charge is 0.357 e. The van der Waals surface area contributed by atoms with Gasteiger partial charge in [-0.1, -0.05) is 51.7 Å². The second kappa shape index (κ2) is 7.22. The van der Waals surface area contributed by atoms with Gasteiger partial charge in [0, 0.05) is 0 Å². The standard InChI is InChI=1S/C6H14.C5H6N4S/c1-3-5-6-4-2;10-5-3-4(7-1-6-3)8-2-9-5/h3-6H2,1-2H3;1,8H,2H2,(H,6,7)(H,9,10). The molecule has 90 valence electrons. The quantitative estimate of drug-likeness (QED) is 0.561. The summed E-state index contributed by atoms with van der Waals surface area (Å²) in [6.07, 6.45) is 7.16. The van der Waals surface area contributed by atoms with Crippen LogP contribution in [0.2, 0.25) is 0 Å². The molecule has 4 nitrogen and oxygen atoms in total. The highest BCUT2D eigenvalue weighted by molar-refractivity contribution is 7.80. The molecule has 0 amide bonds. The summed E-state index contributed by atoms with van der Waals surface area (Å²) < 4.78 is 0. The van der Waals surface area contributed by atoms with Crippen LogP contribution >= 0.6 is 12.2 Å². The number of anilines is 1. The Morgan fingerprint density at radius 3 is 2.50 bits per heavy atom. The van der Waals surface area contributed by atoms with E-state index in [0.717, 1.165) is 16.5 Å². The van der Waals surface area contributed by atoms with Crippen LogP contribution in [0.3, 0.4) is 0 Å². The SMILES string of the molecule is CCCCCC.S=C1NCNc2nc[nH]c21. The molecule has 1 aliphatic heterocycles. The van der Waals surface area contributed by atoms with E-state index in [1.165, 1.54) is 25.7 Å². The minimum atomic E-state index is 0.663. The Balaban J connectivity index is 0.000000187. The van der Waals surface area contributed by atoms with E-state index in [0.29, 0.717) is 6.67 Å². The lowest BCUT2D eigenvalue weighted by molar-refractivity contribution is 0.702. The molecule has 16 heavy (non-hydrogen) atoms. The third-order valence-corrected chi connectivity index (χ3v) is 2.68. The molecular formula is C11H20N4S. The summed E-state index contributed by atoms with van der Waals surface area (Å²) in [5.41, 5.74) is 0.876. The van der Waals surface area contributed by atoms with Gasteiger partial charge in [0.05, 0.1) is 13.0 Å². The molecule has 2 heterocycles. The number of hydrogen-bond acceptors (Lipinski definition) is 3. The molecule has 1 aromatic heterocycles. The van der Waals surface area contributed by atoms with Gasteiger partial charge in [0.2, 0.25) is 0 Å². The number of unbranched alkanes of at least 4 members (excludes halogenated alkanes) is 3. The first-order valence-corrected chi connectivity index (χ1v) is 6.25. The lowest BCUT2D eigenvalue weighted by Gasteiger charge is -2.14. The van der Waals surface area contributed by atoms with E-state index in [1.54, 1.807) is 6.33 Å². The van der Waals surface area contributed by atoms with Crippen molar-refractivity contribution in [2.24, 2.45) is 0 Å². The van der Waals surface area contributed by atoms with Crippen LogP contribution in [-0.2, 0) is 0 Å². The molecule has 0 radical (unpaired) electrons. The molecule has 0 aliphatic carbocycles. The van der Waals surface area contributed by atoms with Crippen molar-refractivity contribution in [3.05, 3.63) is 12.0 Å². The lowest BCUT2D eigenvalue weighted by Crippen LogP contribution is -2.33. The van der Waals surface area contributed by atoms with Crippen molar-refractivity contribution in [3.63, 3.8) is 0 Å². The Labute approximate surface area is 102 Å². The lowest BCUT2D eigenvalue weighted by atomic mass is 10.2. The second-order valence-corrected chi connectivity index (χ2v) is 4.10. The van der Waals surface area contributed by atoms with Gasteiger partial charge < -0.3 is 15.6 Å². The summed E-state index contributed by atoms with van der Waals surface area (Å²) in [5.74, 6) is 0.837. The van der Waals surface area contributed by atoms with Crippen LogP contribution in [0.15, 0.2) is 6.33 Å². The number of aromatic nitrogens is 2. The molecular weight excluding hydrogens is 220 g/mol. The van der Waals surface area contributed by atoms with E-state index < -0.39 is 0 Å². The fraction of sp³-hybridized carbons (Fsp3) is 0.636. The van der Waals surface area contributed by atoms with Crippen LogP contribution in [0.5, 0.6) is 0 Å². The molecule has 0 saturated heterocycles. The van der Waals surface area contributed by atoms with Crippen molar-refractivity contribution >= 4 is 23.0 Å². The van der Waals surface area contributed by atoms with E-state index in [9.17, 15) is 0 Å². The summed E-state index contributed by atoms with van der Waals surface area (Å²) in [6, 6.07) is 0. The Morgan fingerprint density at radius 2 is 1.94 bits per heavy atom. The zero-order chi connectivity index (χ0) is 11.8. The Morgan fingerprint density at radius 1 is 1.25 bits per heavy atom. The van der Waals surface area contributed by atoms with E-state index in [2.05, 4.69) is 34.4 Å². The van der Waals surface area contributed by atoms with Gasteiger partial charge in [0.15, 0.2) is 5.82 Å². The summed E-state index contributed by atoms with van der Waals surface area (Å²) >= 11 is 4.99. The van der Waals surface area contributed by atoms with Crippen molar-refractivity contribution in [1.29, 1.82) is 0 Å². The number of nitrogens with zero attached hydrogens (tertiary/aromatic N) is 1. The first-order valence-electron chi connectivity index (χ1n) is 5.85. The summed E-state index contributed by atoms with van der Waals surface area (Å²) in [4.78, 5) is 7.67. The van der Waals surface area contributed by atoms with Crippen LogP contribution in [-0.4, -0.2) is 21.6 Å². The molecule has 1 aromatic rings. The van der Waals surface area contributed by atoms with E-state index in [4.69, 9.17) is 12.2 Å². The van der Waals surface area contributed by atoms with Gasteiger partial charge in [-0.05, 0) is 0 Å². The van der Waals surface area contributed by atoms with Gasteiger partial charge in [0.25, 0.3) is 0 Å². The van der Waals surface area contributed by atoms with Crippen LogP contribution in [0, 0.1) is 0 Å². The Kier molecular flexibility index (Phi) is 5.85. The van der Waals surface area contributed by atoms with Crippen molar-refractivity contribution in [2.75, 3.05) is 12.0 Å². The van der Waals surface area contributed by atoms with E-state index >= 15 is 0 Å².